The van der Waals surface area contributed by atoms with E-state index in [1.54, 1.807) is 6.20 Å². The standard InChI is InChI=1S/C14H22N4O/c1-18(2)13-7-6-12(9-16-13)17-14(19)10-4-3-5-11(15)8-10/h6-7,9-11H,3-5,8,15H2,1-2H3,(H,17,19). The lowest BCUT2D eigenvalue weighted by atomic mass is 9.85. The molecule has 19 heavy (non-hydrogen) atoms. The van der Waals surface area contributed by atoms with Crippen molar-refractivity contribution in [1.29, 1.82) is 0 Å². The molecule has 5 heteroatoms. The first kappa shape index (κ1) is 13.8. The van der Waals surface area contributed by atoms with Gasteiger partial charge in [0.25, 0.3) is 0 Å². The Morgan fingerprint density at radius 3 is 2.79 bits per heavy atom. The van der Waals surface area contributed by atoms with Crippen molar-refractivity contribution in [3.63, 3.8) is 0 Å². The first-order valence-electron chi connectivity index (χ1n) is 6.76. The predicted octanol–water partition coefficient (Wildman–Crippen LogP) is 1.60. The molecule has 0 saturated heterocycles. The Kier molecular flexibility index (Phi) is 4.37. The number of hydrogen-bond donors (Lipinski definition) is 2. The van der Waals surface area contributed by atoms with Gasteiger partial charge in [-0.2, -0.15) is 0 Å². The van der Waals surface area contributed by atoms with E-state index in [9.17, 15) is 4.79 Å². The van der Waals surface area contributed by atoms with Crippen LogP contribution in [0.3, 0.4) is 0 Å². The average molecular weight is 262 g/mol. The third-order valence-electron chi connectivity index (χ3n) is 3.56. The molecule has 5 nitrogen and oxygen atoms in total. The second-order valence-corrected chi connectivity index (χ2v) is 5.41. The van der Waals surface area contributed by atoms with Crippen molar-refractivity contribution in [2.24, 2.45) is 11.7 Å². The van der Waals surface area contributed by atoms with Crippen LogP contribution in [0.2, 0.25) is 0 Å². The number of anilines is 2. The van der Waals surface area contributed by atoms with Crippen molar-refractivity contribution in [2.45, 2.75) is 31.7 Å². The second-order valence-electron chi connectivity index (χ2n) is 5.41. The summed E-state index contributed by atoms with van der Waals surface area (Å²) in [5.41, 5.74) is 6.66. The largest absolute Gasteiger partial charge is 0.363 e. The molecule has 104 valence electrons. The van der Waals surface area contributed by atoms with Crippen molar-refractivity contribution in [3.05, 3.63) is 18.3 Å². The first-order chi connectivity index (χ1) is 9.06. The summed E-state index contributed by atoms with van der Waals surface area (Å²) < 4.78 is 0. The molecule has 1 fully saturated rings. The normalized spacial score (nSPS) is 22.9. The molecule has 2 rings (SSSR count). The summed E-state index contributed by atoms with van der Waals surface area (Å²) in [6.07, 6.45) is 5.48. The molecule has 1 heterocycles. The molecule has 0 bridgehead atoms. The van der Waals surface area contributed by atoms with E-state index in [2.05, 4.69) is 10.3 Å². The number of rotatable bonds is 3. The molecule has 1 aliphatic rings. The number of hydrogen-bond acceptors (Lipinski definition) is 4. The molecule has 2 unspecified atom stereocenters. The average Bonchev–Trinajstić information content (AvgIpc) is 2.39. The monoisotopic (exact) mass is 262 g/mol. The van der Waals surface area contributed by atoms with Crippen molar-refractivity contribution in [2.75, 3.05) is 24.3 Å². The maximum Gasteiger partial charge on any atom is 0.227 e. The smallest absolute Gasteiger partial charge is 0.227 e. The van der Waals surface area contributed by atoms with Crippen LogP contribution >= 0.6 is 0 Å². The number of nitrogens with two attached hydrogens (primary N) is 1. The first-order valence-corrected chi connectivity index (χ1v) is 6.76. The number of amides is 1. The highest BCUT2D eigenvalue weighted by Crippen LogP contribution is 2.24. The summed E-state index contributed by atoms with van der Waals surface area (Å²) in [7, 11) is 3.87. The molecular weight excluding hydrogens is 240 g/mol. The van der Waals surface area contributed by atoms with Gasteiger partial charge in [0.2, 0.25) is 5.91 Å². The fourth-order valence-electron chi connectivity index (χ4n) is 2.43. The zero-order valence-corrected chi connectivity index (χ0v) is 11.6. The van der Waals surface area contributed by atoms with Crippen LogP contribution in [0.5, 0.6) is 0 Å². The minimum absolute atomic E-state index is 0.0391. The van der Waals surface area contributed by atoms with Crippen LogP contribution < -0.4 is 16.0 Å². The van der Waals surface area contributed by atoms with Crippen LogP contribution in [0.4, 0.5) is 11.5 Å². The van der Waals surface area contributed by atoms with E-state index in [-0.39, 0.29) is 17.9 Å². The summed E-state index contributed by atoms with van der Waals surface area (Å²) in [4.78, 5) is 18.3. The fraction of sp³-hybridized carbons (Fsp3) is 0.571. The lowest BCUT2D eigenvalue weighted by Gasteiger charge is -2.25. The molecule has 0 spiro atoms. The molecule has 1 aromatic heterocycles. The van der Waals surface area contributed by atoms with Gasteiger partial charge in [-0.1, -0.05) is 6.42 Å². The number of carbonyl (C=O) groups excluding carboxylic acids is 1. The van der Waals surface area contributed by atoms with E-state index in [0.29, 0.717) is 0 Å². The van der Waals surface area contributed by atoms with E-state index >= 15 is 0 Å². The van der Waals surface area contributed by atoms with E-state index in [1.807, 2.05) is 31.1 Å². The van der Waals surface area contributed by atoms with Gasteiger partial charge in [-0.15, -0.1) is 0 Å². The van der Waals surface area contributed by atoms with Gasteiger partial charge in [-0.25, -0.2) is 4.98 Å². The van der Waals surface area contributed by atoms with Crippen molar-refractivity contribution < 1.29 is 4.79 Å². The van der Waals surface area contributed by atoms with Crippen LogP contribution in [0, 0.1) is 5.92 Å². The second kappa shape index (κ2) is 6.02. The summed E-state index contributed by atoms with van der Waals surface area (Å²) in [5, 5.41) is 2.92. The summed E-state index contributed by atoms with van der Waals surface area (Å²) in [6.45, 7) is 0. The summed E-state index contributed by atoms with van der Waals surface area (Å²) >= 11 is 0. The molecule has 1 amide bonds. The van der Waals surface area contributed by atoms with Gasteiger partial charge >= 0.3 is 0 Å². The van der Waals surface area contributed by atoms with Crippen LogP contribution in [0.15, 0.2) is 18.3 Å². The molecule has 0 aliphatic heterocycles. The third kappa shape index (κ3) is 3.67. The predicted molar refractivity (Wildman–Crippen MR) is 77.1 cm³/mol. The van der Waals surface area contributed by atoms with Gasteiger partial charge in [-0.05, 0) is 31.4 Å². The highest BCUT2D eigenvalue weighted by Gasteiger charge is 2.25. The summed E-state index contributed by atoms with van der Waals surface area (Å²) in [6, 6.07) is 3.93. The Morgan fingerprint density at radius 1 is 1.42 bits per heavy atom. The highest BCUT2D eigenvalue weighted by molar-refractivity contribution is 5.92. The van der Waals surface area contributed by atoms with Gasteiger partial charge in [0.1, 0.15) is 5.82 Å². The van der Waals surface area contributed by atoms with Gasteiger partial charge < -0.3 is 16.0 Å². The number of nitrogens with one attached hydrogen (secondary N) is 1. The van der Waals surface area contributed by atoms with Crippen molar-refractivity contribution >= 4 is 17.4 Å². The molecular formula is C14H22N4O. The quantitative estimate of drug-likeness (QED) is 0.868. The third-order valence-corrected chi connectivity index (χ3v) is 3.56. The Morgan fingerprint density at radius 2 is 2.21 bits per heavy atom. The Bertz CT molecular complexity index is 430. The van der Waals surface area contributed by atoms with Crippen molar-refractivity contribution in [1.82, 2.24) is 4.98 Å². The Balaban J connectivity index is 1.94. The van der Waals surface area contributed by atoms with E-state index < -0.39 is 0 Å². The molecule has 3 N–H and O–H groups in total. The number of nitrogens with zero attached hydrogens (tertiary/aromatic N) is 2. The maximum absolute atomic E-state index is 12.1. The van der Waals surface area contributed by atoms with Gasteiger partial charge in [0, 0.05) is 26.1 Å². The topological polar surface area (TPSA) is 71.2 Å². The molecule has 1 aromatic rings. The molecule has 0 aromatic carbocycles. The van der Waals surface area contributed by atoms with E-state index in [0.717, 1.165) is 37.2 Å². The fourth-order valence-corrected chi connectivity index (χ4v) is 2.43. The highest BCUT2D eigenvalue weighted by atomic mass is 16.1. The minimum Gasteiger partial charge on any atom is -0.363 e. The summed E-state index contributed by atoms with van der Waals surface area (Å²) in [5.74, 6) is 0.976. The van der Waals surface area contributed by atoms with Crippen LogP contribution in [0.1, 0.15) is 25.7 Å². The molecule has 2 atom stereocenters. The van der Waals surface area contributed by atoms with E-state index in [4.69, 9.17) is 5.73 Å². The Hall–Kier alpha value is -1.62. The van der Waals surface area contributed by atoms with Crippen LogP contribution in [-0.2, 0) is 4.79 Å². The number of carbonyl (C=O) groups is 1. The maximum atomic E-state index is 12.1. The number of pyridine rings is 1. The lowest BCUT2D eigenvalue weighted by Crippen LogP contribution is -2.34. The van der Waals surface area contributed by atoms with Crippen molar-refractivity contribution in [3.8, 4) is 0 Å². The van der Waals surface area contributed by atoms with Gasteiger partial charge in [0.05, 0.1) is 11.9 Å². The van der Waals surface area contributed by atoms with Crippen LogP contribution in [-0.4, -0.2) is 31.0 Å². The molecule has 1 saturated carbocycles. The number of aromatic nitrogens is 1. The van der Waals surface area contributed by atoms with Gasteiger partial charge in [0.15, 0.2) is 0 Å². The van der Waals surface area contributed by atoms with E-state index in [1.165, 1.54) is 0 Å². The molecule has 1 aliphatic carbocycles. The SMILES string of the molecule is CN(C)c1ccc(NC(=O)C2CCCC(N)C2)cn1. The minimum atomic E-state index is 0.0391. The van der Waals surface area contributed by atoms with Gasteiger partial charge in [-0.3, -0.25) is 4.79 Å². The Labute approximate surface area is 114 Å². The zero-order valence-electron chi connectivity index (χ0n) is 11.6. The lowest BCUT2D eigenvalue weighted by molar-refractivity contribution is -0.120. The van der Waals surface area contributed by atoms with Crippen LogP contribution in [0.25, 0.3) is 0 Å². The zero-order chi connectivity index (χ0) is 13.8. The molecule has 0 radical (unpaired) electrons.